The molecule has 0 saturated carbocycles. The first-order valence-electron chi connectivity index (χ1n) is 6.60. The molecule has 0 aliphatic heterocycles. The Bertz CT molecular complexity index is 453. The number of amides is 1. The van der Waals surface area contributed by atoms with Gasteiger partial charge in [0.2, 0.25) is 5.91 Å². The molecular weight excluding hydrogens is 240 g/mol. The van der Waals surface area contributed by atoms with Crippen LogP contribution in [0.1, 0.15) is 45.2 Å². The number of aryl methyl sites for hydroxylation is 1. The second-order valence-corrected chi connectivity index (χ2v) is 5.80. The van der Waals surface area contributed by atoms with Gasteiger partial charge >= 0.3 is 0 Å². The van der Waals surface area contributed by atoms with Crippen LogP contribution in [0, 0.1) is 5.92 Å². The lowest BCUT2D eigenvalue weighted by Crippen LogP contribution is -2.30. The maximum atomic E-state index is 11.2. The van der Waals surface area contributed by atoms with E-state index >= 15 is 0 Å². The smallest absolute Gasteiger partial charge is 0.234 e. The largest absolute Gasteiger partial charge is 0.508 e. The summed E-state index contributed by atoms with van der Waals surface area (Å²) in [4.78, 5) is 11.2. The Balaban J connectivity index is 2.98. The summed E-state index contributed by atoms with van der Waals surface area (Å²) in [6, 6.07) is 5.54. The molecule has 1 aromatic carbocycles. The Morgan fingerprint density at radius 3 is 2.58 bits per heavy atom. The zero-order chi connectivity index (χ0) is 14.6. The number of hydrogen-bond acceptors (Lipinski definition) is 3. The van der Waals surface area contributed by atoms with Gasteiger partial charge in [-0.15, -0.1) is 0 Å². The molecule has 0 atom stereocenters. The average molecular weight is 264 g/mol. The maximum absolute atomic E-state index is 11.2. The van der Waals surface area contributed by atoms with Gasteiger partial charge in [0.15, 0.2) is 0 Å². The number of rotatable bonds is 5. The molecule has 0 radical (unpaired) electrons. The number of carbonyl (C=O) groups is 1. The number of carbonyl (C=O) groups excluding carboxylic acids is 1. The van der Waals surface area contributed by atoms with Crippen LogP contribution in [0.2, 0.25) is 0 Å². The number of phenols is 1. The van der Waals surface area contributed by atoms with Crippen LogP contribution in [0.25, 0.3) is 0 Å². The molecule has 106 valence electrons. The first-order chi connectivity index (χ1) is 8.78. The predicted octanol–water partition coefficient (Wildman–Crippen LogP) is 2.25. The second-order valence-electron chi connectivity index (χ2n) is 5.80. The third-order valence-corrected chi connectivity index (χ3v) is 4.00. The molecule has 0 spiro atoms. The summed E-state index contributed by atoms with van der Waals surface area (Å²) in [7, 11) is 0. The van der Waals surface area contributed by atoms with Gasteiger partial charge in [-0.1, -0.05) is 39.8 Å². The summed E-state index contributed by atoms with van der Waals surface area (Å²) in [5, 5.41) is 10.0. The highest BCUT2D eigenvalue weighted by Crippen LogP contribution is 2.37. The minimum absolute atomic E-state index is 0.115. The van der Waals surface area contributed by atoms with E-state index in [0.717, 1.165) is 11.1 Å². The van der Waals surface area contributed by atoms with Gasteiger partial charge in [-0.3, -0.25) is 10.2 Å². The van der Waals surface area contributed by atoms with Gasteiger partial charge in [-0.2, -0.15) is 0 Å². The summed E-state index contributed by atoms with van der Waals surface area (Å²) in [6.45, 7) is 8.49. The van der Waals surface area contributed by atoms with Gasteiger partial charge in [0.1, 0.15) is 5.75 Å². The fourth-order valence-corrected chi connectivity index (χ4v) is 1.90. The number of benzene rings is 1. The lowest BCUT2D eigenvalue weighted by molar-refractivity contribution is -0.121. The fourth-order valence-electron chi connectivity index (χ4n) is 1.90. The van der Waals surface area contributed by atoms with Crippen molar-refractivity contribution in [3.05, 3.63) is 29.3 Å². The summed E-state index contributed by atoms with van der Waals surface area (Å²) in [5.41, 5.74) is 3.96. The van der Waals surface area contributed by atoms with Gasteiger partial charge in [0, 0.05) is 12.0 Å². The zero-order valence-corrected chi connectivity index (χ0v) is 12.2. The van der Waals surface area contributed by atoms with E-state index in [-0.39, 0.29) is 11.3 Å². The highest BCUT2D eigenvalue weighted by molar-refractivity contribution is 5.75. The summed E-state index contributed by atoms with van der Waals surface area (Å²) >= 11 is 0. The van der Waals surface area contributed by atoms with Crippen LogP contribution in [0.4, 0.5) is 0 Å². The Labute approximate surface area is 115 Å². The molecule has 0 aromatic heterocycles. The average Bonchev–Trinajstić information content (AvgIpc) is 2.36. The van der Waals surface area contributed by atoms with Crippen molar-refractivity contribution in [3.8, 4) is 5.75 Å². The number of hydrogen-bond donors (Lipinski definition) is 3. The van der Waals surface area contributed by atoms with Crippen LogP contribution >= 0.6 is 0 Å². The maximum Gasteiger partial charge on any atom is 0.234 e. The van der Waals surface area contributed by atoms with Crippen molar-refractivity contribution in [2.75, 3.05) is 0 Å². The predicted molar refractivity (Wildman–Crippen MR) is 76.6 cm³/mol. The van der Waals surface area contributed by atoms with E-state index in [4.69, 9.17) is 5.84 Å². The molecule has 0 heterocycles. The topological polar surface area (TPSA) is 75.4 Å². The third kappa shape index (κ3) is 3.70. The molecule has 0 aliphatic carbocycles. The van der Waals surface area contributed by atoms with E-state index in [1.807, 2.05) is 12.1 Å². The van der Waals surface area contributed by atoms with E-state index in [9.17, 15) is 9.90 Å². The van der Waals surface area contributed by atoms with Gasteiger partial charge in [-0.25, -0.2) is 5.84 Å². The molecule has 4 N–H and O–H groups in total. The minimum Gasteiger partial charge on any atom is -0.508 e. The molecule has 4 heteroatoms. The highest BCUT2D eigenvalue weighted by Gasteiger charge is 2.27. The zero-order valence-electron chi connectivity index (χ0n) is 12.2. The van der Waals surface area contributed by atoms with Crippen LogP contribution in [0.3, 0.4) is 0 Å². The molecule has 0 aliphatic rings. The quantitative estimate of drug-likeness (QED) is 0.434. The van der Waals surface area contributed by atoms with Crippen molar-refractivity contribution < 1.29 is 9.90 Å². The Morgan fingerprint density at radius 1 is 1.42 bits per heavy atom. The van der Waals surface area contributed by atoms with E-state index in [1.165, 1.54) is 0 Å². The molecule has 1 aromatic rings. The van der Waals surface area contributed by atoms with Crippen LogP contribution in [-0.2, 0) is 16.6 Å². The van der Waals surface area contributed by atoms with Crippen LogP contribution in [-0.4, -0.2) is 11.0 Å². The van der Waals surface area contributed by atoms with Gasteiger partial charge < -0.3 is 5.11 Å². The Kier molecular flexibility index (Phi) is 4.95. The summed E-state index contributed by atoms with van der Waals surface area (Å²) in [5.74, 6) is 5.59. The van der Waals surface area contributed by atoms with Crippen molar-refractivity contribution in [2.45, 2.75) is 46.0 Å². The van der Waals surface area contributed by atoms with Crippen LogP contribution < -0.4 is 11.3 Å². The van der Waals surface area contributed by atoms with E-state index in [2.05, 4.69) is 33.1 Å². The van der Waals surface area contributed by atoms with Gasteiger partial charge in [0.05, 0.1) is 0 Å². The molecule has 0 bridgehead atoms. The lowest BCUT2D eigenvalue weighted by atomic mass is 9.74. The standard InChI is InChI=1S/C15H24N2O2/c1-10(2)15(3,4)12-9-11(5-7-13(12)18)6-8-14(19)17-16/h5,7,9-10,18H,6,8,16H2,1-4H3,(H,17,19). The Morgan fingerprint density at radius 2 is 2.05 bits per heavy atom. The number of nitrogens with two attached hydrogens (primary N) is 1. The molecule has 19 heavy (non-hydrogen) atoms. The van der Waals surface area contributed by atoms with E-state index in [0.29, 0.717) is 24.5 Å². The Hall–Kier alpha value is -1.55. The first-order valence-corrected chi connectivity index (χ1v) is 6.60. The first kappa shape index (κ1) is 15.5. The highest BCUT2D eigenvalue weighted by atomic mass is 16.3. The molecule has 0 unspecified atom stereocenters. The third-order valence-electron chi connectivity index (χ3n) is 4.00. The monoisotopic (exact) mass is 264 g/mol. The number of aromatic hydroxyl groups is 1. The van der Waals surface area contributed by atoms with Crippen molar-refractivity contribution in [3.63, 3.8) is 0 Å². The molecular formula is C15H24N2O2. The molecule has 0 saturated heterocycles. The van der Waals surface area contributed by atoms with Crippen molar-refractivity contribution in [1.29, 1.82) is 0 Å². The van der Waals surface area contributed by atoms with Crippen molar-refractivity contribution in [1.82, 2.24) is 5.43 Å². The van der Waals surface area contributed by atoms with Crippen molar-refractivity contribution >= 4 is 5.91 Å². The number of hydrazine groups is 1. The molecule has 1 amide bonds. The van der Waals surface area contributed by atoms with Crippen LogP contribution in [0.15, 0.2) is 18.2 Å². The minimum atomic E-state index is -0.183. The fraction of sp³-hybridized carbons (Fsp3) is 0.533. The van der Waals surface area contributed by atoms with E-state index < -0.39 is 0 Å². The molecule has 4 nitrogen and oxygen atoms in total. The second kappa shape index (κ2) is 6.06. The number of nitrogens with one attached hydrogen (secondary N) is 1. The van der Waals surface area contributed by atoms with Crippen LogP contribution in [0.5, 0.6) is 5.75 Å². The van der Waals surface area contributed by atoms with Crippen molar-refractivity contribution in [2.24, 2.45) is 11.8 Å². The SMILES string of the molecule is CC(C)C(C)(C)c1cc(CCC(=O)NN)ccc1O. The normalized spacial score (nSPS) is 11.7. The van der Waals surface area contributed by atoms with Gasteiger partial charge in [-0.05, 0) is 29.4 Å². The van der Waals surface area contributed by atoms with Gasteiger partial charge in [0.25, 0.3) is 0 Å². The molecule has 1 rings (SSSR count). The summed E-state index contributed by atoms with van der Waals surface area (Å²) in [6.07, 6.45) is 0.966. The van der Waals surface area contributed by atoms with E-state index in [1.54, 1.807) is 6.07 Å². The number of phenolic OH excluding ortho intramolecular Hbond substituents is 1. The summed E-state index contributed by atoms with van der Waals surface area (Å²) < 4.78 is 0. The lowest BCUT2D eigenvalue weighted by Gasteiger charge is -2.31. The molecule has 0 fully saturated rings.